The summed E-state index contributed by atoms with van der Waals surface area (Å²) in [6, 6.07) is 16.9. The number of ether oxygens (including phenoxy) is 1. The molecule has 3 rings (SSSR count). The molecular weight excluding hydrogens is 330 g/mol. The topological polar surface area (TPSA) is 70.7 Å². The molecular formula is C20H23N3O3. The molecule has 0 saturated carbocycles. The molecule has 0 spiro atoms. The third-order valence-corrected chi connectivity index (χ3v) is 4.37. The number of carbonyl (C=O) groups is 2. The van der Waals surface area contributed by atoms with Crippen LogP contribution in [-0.2, 0) is 11.2 Å². The summed E-state index contributed by atoms with van der Waals surface area (Å²) >= 11 is 0. The van der Waals surface area contributed by atoms with Crippen LogP contribution in [0.15, 0.2) is 54.6 Å². The van der Waals surface area contributed by atoms with Gasteiger partial charge in [-0.15, -0.1) is 0 Å². The second-order valence-corrected chi connectivity index (χ2v) is 6.24. The molecule has 2 aromatic rings. The van der Waals surface area contributed by atoms with Gasteiger partial charge in [0.1, 0.15) is 5.75 Å². The lowest BCUT2D eigenvalue weighted by Crippen LogP contribution is -2.43. The first-order valence-corrected chi connectivity index (χ1v) is 8.68. The minimum absolute atomic E-state index is 0.00663. The normalized spacial score (nSPS) is 16.4. The number of anilines is 1. The third kappa shape index (κ3) is 4.53. The van der Waals surface area contributed by atoms with E-state index >= 15 is 0 Å². The van der Waals surface area contributed by atoms with Gasteiger partial charge in [-0.25, -0.2) is 4.79 Å². The molecule has 2 N–H and O–H groups in total. The zero-order valence-electron chi connectivity index (χ0n) is 14.8. The van der Waals surface area contributed by atoms with E-state index in [2.05, 4.69) is 10.6 Å². The van der Waals surface area contributed by atoms with Crippen LogP contribution in [0.5, 0.6) is 5.75 Å². The molecule has 6 heteroatoms. The average molecular weight is 353 g/mol. The lowest BCUT2D eigenvalue weighted by atomic mass is 10.1. The number of hydrogen-bond acceptors (Lipinski definition) is 3. The summed E-state index contributed by atoms with van der Waals surface area (Å²) in [4.78, 5) is 26.0. The summed E-state index contributed by atoms with van der Waals surface area (Å²) in [5.74, 6) is 0.693. The van der Waals surface area contributed by atoms with E-state index in [0.29, 0.717) is 25.3 Å². The van der Waals surface area contributed by atoms with Gasteiger partial charge in [0.2, 0.25) is 5.91 Å². The Bertz CT molecular complexity index is 764. The Morgan fingerprint density at radius 1 is 1.19 bits per heavy atom. The highest BCUT2D eigenvalue weighted by molar-refractivity contribution is 5.97. The Morgan fingerprint density at radius 3 is 2.77 bits per heavy atom. The Morgan fingerprint density at radius 2 is 2.00 bits per heavy atom. The number of nitrogens with zero attached hydrogens (tertiary/aromatic N) is 1. The summed E-state index contributed by atoms with van der Waals surface area (Å²) in [7, 11) is 1.59. The van der Waals surface area contributed by atoms with E-state index in [1.807, 2.05) is 54.6 Å². The number of nitrogens with one attached hydrogen (secondary N) is 2. The molecule has 136 valence electrons. The summed E-state index contributed by atoms with van der Waals surface area (Å²) in [6.07, 6.45) is 1.07. The molecule has 1 atom stereocenters. The second-order valence-electron chi connectivity index (χ2n) is 6.24. The van der Waals surface area contributed by atoms with Crippen LogP contribution < -0.4 is 20.3 Å². The molecule has 1 aliphatic rings. The van der Waals surface area contributed by atoms with E-state index in [1.165, 1.54) is 5.56 Å². The highest BCUT2D eigenvalue weighted by Crippen LogP contribution is 2.25. The molecule has 2 aromatic carbocycles. The summed E-state index contributed by atoms with van der Waals surface area (Å²) < 4.78 is 5.20. The van der Waals surface area contributed by atoms with Crippen molar-refractivity contribution in [2.75, 3.05) is 25.1 Å². The minimum atomic E-state index is -0.244. The minimum Gasteiger partial charge on any atom is -0.497 e. The molecule has 0 bridgehead atoms. The fraction of sp³-hybridized carbons (Fsp3) is 0.300. The molecule has 0 aliphatic carbocycles. The van der Waals surface area contributed by atoms with Gasteiger partial charge in [0.05, 0.1) is 13.2 Å². The van der Waals surface area contributed by atoms with Crippen molar-refractivity contribution in [1.82, 2.24) is 10.6 Å². The molecule has 6 nitrogen and oxygen atoms in total. The molecule has 0 aromatic heterocycles. The number of hydrogen-bond donors (Lipinski definition) is 2. The van der Waals surface area contributed by atoms with Crippen LogP contribution in [0.3, 0.4) is 0 Å². The number of amides is 3. The smallest absolute Gasteiger partial charge is 0.315 e. The van der Waals surface area contributed by atoms with Crippen LogP contribution in [0, 0.1) is 0 Å². The van der Waals surface area contributed by atoms with E-state index in [0.717, 1.165) is 12.1 Å². The van der Waals surface area contributed by atoms with Crippen molar-refractivity contribution in [2.45, 2.75) is 18.9 Å². The highest BCUT2D eigenvalue weighted by atomic mass is 16.5. The molecule has 1 saturated heterocycles. The SMILES string of the molecule is COc1cccc(N2CC(NC(=O)NCCc3ccccc3)CC2=O)c1. The van der Waals surface area contributed by atoms with E-state index in [4.69, 9.17) is 4.74 Å². The third-order valence-electron chi connectivity index (χ3n) is 4.37. The number of urea groups is 1. The summed E-state index contributed by atoms with van der Waals surface area (Å²) in [5, 5.41) is 5.73. The molecule has 1 fully saturated rings. The fourth-order valence-electron chi connectivity index (χ4n) is 3.03. The second kappa shape index (κ2) is 8.38. The molecule has 0 radical (unpaired) electrons. The zero-order chi connectivity index (χ0) is 18.4. The van der Waals surface area contributed by atoms with E-state index in [-0.39, 0.29) is 18.0 Å². The lowest BCUT2D eigenvalue weighted by Gasteiger charge is -2.18. The van der Waals surface area contributed by atoms with Gasteiger partial charge in [-0.3, -0.25) is 4.79 Å². The monoisotopic (exact) mass is 353 g/mol. The molecule has 1 heterocycles. The highest BCUT2D eigenvalue weighted by Gasteiger charge is 2.31. The van der Waals surface area contributed by atoms with Crippen LogP contribution >= 0.6 is 0 Å². The Balaban J connectivity index is 1.48. The van der Waals surface area contributed by atoms with Gasteiger partial charge in [0.15, 0.2) is 0 Å². The average Bonchev–Trinajstić information content (AvgIpc) is 3.02. The molecule has 1 aliphatic heterocycles. The number of carbonyl (C=O) groups excluding carboxylic acids is 2. The summed E-state index contributed by atoms with van der Waals surface area (Å²) in [6.45, 7) is 1.01. The first-order valence-electron chi connectivity index (χ1n) is 8.68. The van der Waals surface area contributed by atoms with Crippen LogP contribution in [0.1, 0.15) is 12.0 Å². The van der Waals surface area contributed by atoms with Gasteiger partial charge >= 0.3 is 6.03 Å². The van der Waals surface area contributed by atoms with Crippen molar-refractivity contribution < 1.29 is 14.3 Å². The predicted octanol–water partition coefficient (Wildman–Crippen LogP) is 2.34. The Labute approximate surface area is 153 Å². The fourth-order valence-corrected chi connectivity index (χ4v) is 3.03. The van der Waals surface area contributed by atoms with Crippen LogP contribution in [0.25, 0.3) is 0 Å². The number of methoxy groups -OCH3 is 1. The van der Waals surface area contributed by atoms with Crippen LogP contribution in [0.4, 0.5) is 10.5 Å². The van der Waals surface area contributed by atoms with Gasteiger partial charge in [0, 0.05) is 31.3 Å². The van der Waals surface area contributed by atoms with Crippen LogP contribution in [-0.4, -0.2) is 38.2 Å². The first kappa shape index (κ1) is 17.8. The predicted molar refractivity (Wildman–Crippen MR) is 100 cm³/mol. The van der Waals surface area contributed by atoms with Gasteiger partial charge in [-0.05, 0) is 24.1 Å². The van der Waals surface area contributed by atoms with Crippen molar-refractivity contribution >= 4 is 17.6 Å². The quantitative estimate of drug-likeness (QED) is 0.837. The van der Waals surface area contributed by atoms with Crippen molar-refractivity contribution in [2.24, 2.45) is 0 Å². The maximum Gasteiger partial charge on any atom is 0.315 e. The first-order chi connectivity index (χ1) is 12.7. The molecule has 3 amide bonds. The maximum atomic E-state index is 12.3. The van der Waals surface area contributed by atoms with Crippen molar-refractivity contribution in [1.29, 1.82) is 0 Å². The van der Waals surface area contributed by atoms with Gasteiger partial charge in [-0.2, -0.15) is 0 Å². The van der Waals surface area contributed by atoms with Gasteiger partial charge in [-0.1, -0.05) is 36.4 Å². The number of rotatable bonds is 6. The van der Waals surface area contributed by atoms with Gasteiger partial charge in [0.25, 0.3) is 0 Å². The zero-order valence-corrected chi connectivity index (χ0v) is 14.8. The molecule has 26 heavy (non-hydrogen) atoms. The standard InChI is InChI=1S/C20H23N3O3/c1-26-18-9-5-8-17(13-18)23-14-16(12-19(23)24)22-20(25)21-11-10-15-6-3-2-4-7-15/h2-9,13,16H,10-12,14H2,1H3,(H2,21,22,25). The van der Waals surface area contributed by atoms with E-state index in [9.17, 15) is 9.59 Å². The van der Waals surface area contributed by atoms with Crippen molar-refractivity contribution in [3.63, 3.8) is 0 Å². The van der Waals surface area contributed by atoms with E-state index < -0.39 is 0 Å². The van der Waals surface area contributed by atoms with E-state index in [1.54, 1.807) is 12.0 Å². The van der Waals surface area contributed by atoms with Crippen LogP contribution in [0.2, 0.25) is 0 Å². The van der Waals surface area contributed by atoms with Gasteiger partial charge < -0.3 is 20.3 Å². The maximum absolute atomic E-state index is 12.3. The molecule has 1 unspecified atom stereocenters. The Kier molecular flexibility index (Phi) is 5.73. The van der Waals surface area contributed by atoms with Crippen molar-refractivity contribution in [3.8, 4) is 5.75 Å². The lowest BCUT2D eigenvalue weighted by molar-refractivity contribution is -0.117. The van der Waals surface area contributed by atoms with Crippen molar-refractivity contribution in [3.05, 3.63) is 60.2 Å². The largest absolute Gasteiger partial charge is 0.497 e. The summed E-state index contributed by atoms with van der Waals surface area (Å²) in [5.41, 5.74) is 1.95. The Hall–Kier alpha value is -3.02. The number of benzene rings is 2.